The zero-order valence-corrected chi connectivity index (χ0v) is 16.4. The molecule has 0 N–H and O–H groups in total. The number of Topliss-reactive ketones (excluding diaryl/α,β-unsaturated/α-hetero) is 1. The number of nitro groups is 2. The topological polar surface area (TPSA) is 153 Å². The molecule has 1 heterocycles. The van der Waals surface area contributed by atoms with Crippen LogP contribution in [0.2, 0.25) is 0 Å². The van der Waals surface area contributed by atoms with Crippen LogP contribution in [0.15, 0.2) is 76.5 Å². The average molecular weight is 433 g/mol. The minimum atomic E-state index is -0.746. The molecule has 0 radical (unpaired) electrons. The van der Waals surface area contributed by atoms with E-state index in [1.165, 1.54) is 54.9 Å². The van der Waals surface area contributed by atoms with E-state index in [1.807, 2.05) is 0 Å². The maximum Gasteiger partial charge on any atom is 0.270 e. The predicted molar refractivity (Wildman–Crippen MR) is 110 cm³/mol. The van der Waals surface area contributed by atoms with Crippen LogP contribution in [0, 0.1) is 31.6 Å². The first-order valence-corrected chi connectivity index (χ1v) is 9.35. The molecule has 0 saturated carbocycles. The molecule has 0 fully saturated rings. The van der Waals surface area contributed by atoms with E-state index in [0.717, 1.165) is 17.8 Å². The van der Waals surface area contributed by atoms with E-state index >= 15 is 0 Å². The van der Waals surface area contributed by atoms with Crippen LogP contribution in [0.3, 0.4) is 0 Å². The Morgan fingerprint density at radius 1 is 1.00 bits per heavy atom. The molecule has 3 rings (SSSR count). The summed E-state index contributed by atoms with van der Waals surface area (Å²) in [6, 6.07) is 12.4. The van der Waals surface area contributed by atoms with Crippen LogP contribution in [-0.2, 0) is 0 Å². The van der Waals surface area contributed by atoms with Crippen LogP contribution in [-0.4, -0.2) is 25.6 Å². The number of non-ortho nitro benzene ring substituents is 2. The van der Waals surface area contributed by atoms with Gasteiger partial charge >= 0.3 is 0 Å². The number of nitrogens with zero attached hydrogens (tertiary/aromatic N) is 5. The fourth-order valence-corrected chi connectivity index (χ4v) is 3.31. The molecule has 11 heteroatoms. The first-order valence-electron chi connectivity index (χ1n) is 8.53. The van der Waals surface area contributed by atoms with Gasteiger partial charge in [0, 0.05) is 47.1 Å². The van der Waals surface area contributed by atoms with Gasteiger partial charge in [0.05, 0.1) is 9.85 Å². The number of aromatic nitrogens is 2. The number of benzene rings is 2. The van der Waals surface area contributed by atoms with Crippen LogP contribution >= 0.6 is 11.8 Å². The van der Waals surface area contributed by atoms with Crippen molar-refractivity contribution in [2.24, 2.45) is 0 Å². The normalized spacial score (nSPS) is 10.9. The van der Waals surface area contributed by atoms with Gasteiger partial charge in [-0.05, 0) is 35.5 Å². The number of carbonyl (C=O) groups excluding carboxylic acids is 1. The minimum Gasteiger partial charge on any atom is -0.288 e. The maximum absolute atomic E-state index is 12.8. The summed E-state index contributed by atoms with van der Waals surface area (Å²) < 4.78 is 0. The number of hydrogen-bond donors (Lipinski definition) is 0. The Kier molecular flexibility index (Phi) is 6.44. The van der Waals surface area contributed by atoms with Gasteiger partial charge in [-0.1, -0.05) is 12.1 Å². The maximum atomic E-state index is 12.8. The van der Waals surface area contributed by atoms with Crippen LogP contribution in [0.25, 0.3) is 6.08 Å². The second kappa shape index (κ2) is 9.38. The quantitative estimate of drug-likeness (QED) is 0.133. The van der Waals surface area contributed by atoms with Gasteiger partial charge in [-0.2, -0.15) is 5.26 Å². The van der Waals surface area contributed by atoms with Gasteiger partial charge in [0.1, 0.15) is 11.6 Å². The molecular formula is C20H11N5O5S. The third-order valence-electron chi connectivity index (χ3n) is 3.93. The Hall–Kier alpha value is -4.43. The molecule has 31 heavy (non-hydrogen) atoms. The van der Waals surface area contributed by atoms with Crippen molar-refractivity contribution >= 4 is 35.0 Å². The van der Waals surface area contributed by atoms with Gasteiger partial charge < -0.3 is 0 Å². The van der Waals surface area contributed by atoms with Crippen LogP contribution in [0.1, 0.15) is 15.9 Å². The highest BCUT2D eigenvalue weighted by Crippen LogP contribution is 2.32. The van der Waals surface area contributed by atoms with Crippen molar-refractivity contribution in [2.75, 3.05) is 0 Å². The molecule has 0 saturated heterocycles. The van der Waals surface area contributed by atoms with Gasteiger partial charge in [0.2, 0.25) is 5.78 Å². The molecule has 10 nitrogen and oxygen atoms in total. The van der Waals surface area contributed by atoms with E-state index in [0.29, 0.717) is 10.1 Å². The van der Waals surface area contributed by atoms with Crippen molar-refractivity contribution in [3.63, 3.8) is 0 Å². The molecule has 0 atom stereocenters. The first kappa shape index (κ1) is 21.3. The van der Waals surface area contributed by atoms with E-state index in [1.54, 1.807) is 12.1 Å². The third kappa shape index (κ3) is 5.14. The Morgan fingerprint density at radius 3 is 2.32 bits per heavy atom. The molecule has 0 bridgehead atoms. The zero-order valence-electron chi connectivity index (χ0n) is 15.5. The number of hydrogen-bond acceptors (Lipinski definition) is 9. The van der Waals surface area contributed by atoms with Crippen molar-refractivity contribution in [1.29, 1.82) is 5.26 Å². The minimum absolute atomic E-state index is 0.0481. The lowest BCUT2D eigenvalue weighted by atomic mass is 10.0. The monoisotopic (exact) mass is 433 g/mol. The smallest absolute Gasteiger partial charge is 0.270 e. The Bertz CT molecular complexity index is 1250. The lowest BCUT2D eigenvalue weighted by molar-refractivity contribution is -0.385. The van der Waals surface area contributed by atoms with Crippen molar-refractivity contribution in [2.45, 2.75) is 10.1 Å². The number of rotatable bonds is 7. The Morgan fingerprint density at radius 2 is 1.68 bits per heavy atom. The predicted octanol–water partition coefficient (Wildman–Crippen LogP) is 4.23. The number of ketones is 1. The molecule has 3 aromatic rings. The Balaban J connectivity index is 2.06. The number of carbonyl (C=O) groups is 1. The molecule has 0 aliphatic rings. The van der Waals surface area contributed by atoms with Crippen molar-refractivity contribution < 1.29 is 14.6 Å². The first-order chi connectivity index (χ1) is 14.9. The fraction of sp³-hybridized carbons (Fsp3) is 0. The second-order valence-electron chi connectivity index (χ2n) is 5.92. The average Bonchev–Trinajstić information content (AvgIpc) is 2.78. The van der Waals surface area contributed by atoms with Crippen molar-refractivity contribution in [1.82, 2.24) is 9.97 Å². The number of allylic oxidation sites excluding steroid dienone is 1. The summed E-state index contributed by atoms with van der Waals surface area (Å²) >= 11 is 1.10. The summed E-state index contributed by atoms with van der Waals surface area (Å²) in [7, 11) is 0. The third-order valence-corrected chi connectivity index (χ3v) is 4.92. The highest BCUT2D eigenvalue weighted by Gasteiger charge is 2.18. The highest BCUT2D eigenvalue weighted by atomic mass is 32.2. The largest absolute Gasteiger partial charge is 0.288 e. The van der Waals surface area contributed by atoms with Gasteiger partial charge in [-0.3, -0.25) is 25.0 Å². The van der Waals surface area contributed by atoms with E-state index in [-0.39, 0.29) is 28.1 Å². The summed E-state index contributed by atoms with van der Waals surface area (Å²) in [5, 5.41) is 32.0. The fourth-order valence-electron chi connectivity index (χ4n) is 2.51. The van der Waals surface area contributed by atoms with Crippen molar-refractivity contribution in [3.05, 3.63) is 97.9 Å². The van der Waals surface area contributed by atoms with Gasteiger partial charge in [-0.25, -0.2) is 9.97 Å². The summed E-state index contributed by atoms with van der Waals surface area (Å²) in [4.78, 5) is 42.3. The molecule has 0 amide bonds. The standard InChI is InChI=1S/C20H11N5O5S/c21-12-15(19(26)13-3-1-4-16(10-13)24(27)28)9-14-11-17(25(29)30)5-6-18(14)31-20-22-7-2-8-23-20/h1-11H/b15-9-. The van der Waals surface area contributed by atoms with Crippen LogP contribution in [0.4, 0.5) is 11.4 Å². The molecular weight excluding hydrogens is 422 g/mol. The lowest BCUT2D eigenvalue weighted by Gasteiger charge is -2.06. The molecule has 1 aromatic heterocycles. The van der Waals surface area contributed by atoms with Crippen LogP contribution < -0.4 is 0 Å². The number of nitriles is 1. The van der Waals surface area contributed by atoms with Crippen LogP contribution in [0.5, 0.6) is 0 Å². The summed E-state index contributed by atoms with van der Waals surface area (Å²) in [6.07, 6.45) is 4.27. The van der Waals surface area contributed by atoms with E-state index in [9.17, 15) is 30.3 Å². The second-order valence-corrected chi connectivity index (χ2v) is 6.93. The van der Waals surface area contributed by atoms with E-state index in [2.05, 4.69) is 9.97 Å². The molecule has 0 aliphatic carbocycles. The Labute approximate surface area is 179 Å². The van der Waals surface area contributed by atoms with Gasteiger partial charge in [0.25, 0.3) is 11.4 Å². The molecule has 152 valence electrons. The summed E-state index contributed by atoms with van der Waals surface area (Å²) in [5.74, 6) is -0.746. The number of nitro benzene ring substituents is 2. The lowest BCUT2D eigenvalue weighted by Crippen LogP contribution is -2.03. The molecule has 0 aliphatic heterocycles. The molecule has 2 aromatic carbocycles. The highest BCUT2D eigenvalue weighted by molar-refractivity contribution is 7.99. The van der Waals surface area contributed by atoms with Crippen molar-refractivity contribution in [3.8, 4) is 6.07 Å². The zero-order chi connectivity index (χ0) is 22.4. The van der Waals surface area contributed by atoms with Gasteiger partial charge in [0.15, 0.2) is 5.16 Å². The summed E-state index contributed by atoms with van der Waals surface area (Å²) in [5.41, 5.74) is -0.674. The van der Waals surface area contributed by atoms with E-state index < -0.39 is 15.6 Å². The molecule has 0 spiro atoms. The molecule has 0 unspecified atom stereocenters. The SMILES string of the molecule is N#C/C(=C/c1cc([N+](=O)[O-])ccc1Sc1ncccn1)C(=O)c1cccc([N+](=O)[O-])c1. The summed E-state index contributed by atoms with van der Waals surface area (Å²) in [6.45, 7) is 0. The van der Waals surface area contributed by atoms with E-state index in [4.69, 9.17) is 0 Å². The van der Waals surface area contributed by atoms with Gasteiger partial charge in [-0.15, -0.1) is 0 Å².